The molecular formula is C15H11BrClF3N4O4S+. The zero-order valence-electron chi connectivity index (χ0n) is 14.4. The van der Waals surface area contributed by atoms with Crippen molar-refractivity contribution in [1.82, 2.24) is 14.5 Å². The third-order valence-electron chi connectivity index (χ3n) is 3.78. The first-order chi connectivity index (χ1) is 13.4. The molecule has 0 atom stereocenters. The van der Waals surface area contributed by atoms with Crippen LogP contribution in [0.15, 0.2) is 50.7 Å². The number of carbonyl (C=O) groups is 1. The molecule has 155 valence electrons. The van der Waals surface area contributed by atoms with Crippen LogP contribution in [0.3, 0.4) is 0 Å². The number of methoxy groups -OCH3 is 1. The van der Waals surface area contributed by atoms with Crippen molar-refractivity contribution in [3.63, 3.8) is 0 Å². The van der Waals surface area contributed by atoms with E-state index in [0.29, 0.717) is 0 Å². The number of hydrogen-bond acceptors (Lipinski definition) is 7. The van der Waals surface area contributed by atoms with Gasteiger partial charge >= 0.3 is 6.30 Å². The number of amides is 1. The largest absolute Gasteiger partial charge is 0.497 e. The van der Waals surface area contributed by atoms with Crippen molar-refractivity contribution in [1.29, 1.82) is 0 Å². The van der Waals surface area contributed by atoms with Crippen LogP contribution in [0.4, 0.5) is 13.2 Å². The molecule has 0 aliphatic carbocycles. The normalized spacial score (nSPS) is 17.3. The first-order valence-electron chi connectivity index (χ1n) is 7.61. The van der Waals surface area contributed by atoms with Crippen molar-refractivity contribution in [2.75, 3.05) is 13.8 Å². The maximum atomic E-state index is 12.9. The lowest BCUT2D eigenvalue weighted by atomic mass is 10.3. The molecule has 2 aliphatic rings. The smallest absolute Gasteiger partial charge is 0.488 e. The first kappa shape index (κ1) is 21.6. The minimum Gasteiger partial charge on any atom is -0.497 e. The van der Waals surface area contributed by atoms with Gasteiger partial charge in [0.1, 0.15) is 15.1 Å². The summed E-state index contributed by atoms with van der Waals surface area (Å²) in [4.78, 5) is 17.0. The number of hydrogen-bond donors (Lipinski definition) is 1. The number of rotatable bonds is 4. The molecular weight excluding hydrogens is 505 g/mol. The predicted molar refractivity (Wildman–Crippen MR) is 101 cm³/mol. The van der Waals surface area contributed by atoms with Gasteiger partial charge in [-0.3, -0.25) is 4.79 Å². The van der Waals surface area contributed by atoms with Gasteiger partial charge in [-0.15, -0.1) is 13.2 Å². The molecule has 1 N–H and O–H groups in total. The number of nitrogens with one attached hydrogen (secondary N) is 1. The molecule has 0 bridgehead atoms. The van der Waals surface area contributed by atoms with Gasteiger partial charge in [-0.1, -0.05) is 16.5 Å². The van der Waals surface area contributed by atoms with Gasteiger partial charge < -0.3 is 4.74 Å². The zero-order valence-corrected chi connectivity index (χ0v) is 17.5. The summed E-state index contributed by atoms with van der Waals surface area (Å²) in [6, 6.07) is 3.84. The fourth-order valence-electron chi connectivity index (χ4n) is 2.42. The monoisotopic (exact) mass is 514 g/mol. The van der Waals surface area contributed by atoms with Crippen LogP contribution in [0.5, 0.6) is 5.75 Å². The Morgan fingerprint density at radius 2 is 2.10 bits per heavy atom. The van der Waals surface area contributed by atoms with E-state index in [9.17, 15) is 26.4 Å². The predicted octanol–water partition coefficient (Wildman–Crippen LogP) is 2.58. The van der Waals surface area contributed by atoms with Crippen molar-refractivity contribution in [3.8, 4) is 5.75 Å². The van der Waals surface area contributed by atoms with Gasteiger partial charge in [0.15, 0.2) is 11.9 Å². The summed E-state index contributed by atoms with van der Waals surface area (Å²) in [5.74, 6) is -0.905. The van der Waals surface area contributed by atoms with E-state index in [1.807, 2.05) is 0 Å². The first-order valence-corrected chi connectivity index (χ1v) is 10.3. The lowest BCUT2D eigenvalue weighted by Crippen LogP contribution is -2.48. The highest BCUT2D eigenvalue weighted by Crippen LogP contribution is 2.31. The lowest BCUT2D eigenvalue weighted by Gasteiger charge is -2.25. The average molecular weight is 516 g/mol. The van der Waals surface area contributed by atoms with Gasteiger partial charge in [0.05, 0.1) is 12.1 Å². The molecule has 3 rings (SSSR count). The quantitative estimate of drug-likeness (QED) is 0.491. The van der Waals surface area contributed by atoms with E-state index in [1.54, 1.807) is 4.72 Å². The highest BCUT2D eigenvalue weighted by atomic mass is 79.9. The molecule has 2 heterocycles. The molecule has 0 aromatic heterocycles. The van der Waals surface area contributed by atoms with Gasteiger partial charge in [0, 0.05) is 12.3 Å². The van der Waals surface area contributed by atoms with Crippen molar-refractivity contribution >= 4 is 49.3 Å². The number of sulfonamides is 1. The van der Waals surface area contributed by atoms with Crippen LogP contribution in [0.2, 0.25) is 5.02 Å². The van der Waals surface area contributed by atoms with Crippen molar-refractivity contribution < 1.29 is 31.1 Å². The lowest BCUT2D eigenvalue weighted by molar-refractivity contribution is -0.230. The Bertz CT molecular complexity index is 1070. The van der Waals surface area contributed by atoms with Crippen molar-refractivity contribution in [2.24, 2.45) is 4.99 Å². The van der Waals surface area contributed by atoms with E-state index >= 15 is 0 Å². The summed E-state index contributed by atoms with van der Waals surface area (Å²) in [6.45, 7) is -0.650. The highest BCUT2D eigenvalue weighted by molar-refractivity contribution is 9.12. The molecule has 14 heteroatoms. The van der Waals surface area contributed by atoms with Crippen LogP contribution in [0.25, 0.3) is 0 Å². The Kier molecular flexibility index (Phi) is 5.69. The minimum atomic E-state index is -4.64. The maximum Gasteiger partial charge on any atom is 0.488 e. The number of alkyl halides is 3. The molecule has 1 aromatic carbocycles. The number of aliphatic imine (C=N–C) groups is 1. The average Bonchev–Trinajstić information content (AvgIpc) is 3.06. The van der Waals surface area contributed by atoms with E-state index in [2.05, 4.69) is 20.9 Å². The number of halogens is 5. The molecule has 2 aliphatic heterocycles. The van der Waals surface area contributed by atoms with Crippen LogP contribution in [0, 0.1) is 0 Å². The molecule has 1 radical (unpaired) electrons. The second-order valence-electron chi connectivity index (χ2n) is 5.71. The van der Waals surface area contributed by atoms with E-state index in [-0.39, 0.29) is 26.0 Å². The third-order valence-corrected chi connectivity index (χ3v) is 6.15. The van der Waals surface area contributed by atoms with E-state index < -0.39 is 39.5 Å². The fourth-order valence-corrected chi connectivity index (χ4v) is 4.46. The summed E-state index contributed by atoms with van der Waals surface area (Å²) in [7, 11) is -3.07. The molecule has 29 heavy (non-hydrogen) atoms. The summed E-state index contributed by atoms with van der Waals surface area (Å²) in [5, 5.41) is -0.151. The summed E-state index contributed by atoms with van der Waals surface area (Å²) >= 11 is 8.86. The van der Waals surface area contributed by atoms with Crippen LogP contribution in [-0.4, -0.2) is 45.1 Å². The van der Waals surface area contributed by atoms with Gasteiger partial charge in [-0.25, -0.2) is 18.0 Å². The topological polar surface area (TPSA) is 94.0 Å². The van der Waals surface area contributed by atoms with E-state index in [0.717, 1.165) is 23.4 Å². The second-order valence-corrected chi connectivity index (χ2v) is 8.62. The van der Waals surface area contributed by atoms with Gasteiger partial charge in [-0.2, -0.15) is 4.99 Å². The standard InChI is InChI=1S/C15H11BrClF3N4O4S/c1-28-8-2-3-10(17)12(4-8)29(26,27)22-14(25)11-6-23-7-24(15(18,19)20)5-9(16)13(23)21-11/h2-6H,7H2,1H3,(H,22,25)/q+1. The number of fused-ring (bicyclic) bond motifs is 1. The maximum absolute atomic E-state index is 12.9. The molecule has 0 saturated heterocycles. The summed E-state index contributed by atoms with van der Waals surface area (Å²) in [5.41, 5.74) is -0.392. The highest BCUT2D eigenvalue weighted by Gasteiger charge is 2.47. The molecule has 0 fully saturated rings. The van der Waals surface area contributed by atoms with Gasteiger partial charge in [-0.05, 0) is 28.1 Å². The molecule has 0 spiro atoms. The Balaban J connectivity index is 1.84. The summed E-state index contributed by atoms with van der Waals surface area (Å²) < 4.78 is 70.5. The Labute approximate surface area is 176 Å². The fraction of sp³-hybridized carbons (Fsp3) is 0.200. The number of amidine groups is 1. The number of ether oxygens (including phenoxy) is 1. The zero-order chi connectivity index (χ0) is 21.6. The van der Waals surface area contributed by atoms with E-state index in [4.69, 9.17) is 16.3 Å². The Morgan fingerprint density at radius 1 is 1.41 bits per heavy atom. The van der Waals surface area contributed by atoms with Crippen LogP contribution in [-0.2, 0) is 14.8 Å². The number of benzene rings is 1. The summed E-state index contributed by atoms with van der Waals surface area (Å²) in [6.07, 6.45) is -2.85. The van der Waals surface area contributed by atoms with Crippen molar-refractivity contribution in [2.45, 2.75) is 11.2 Å². The Morgan fingerprint density at radius 3 is 2.72 bits per heavy atom. The van der Waals surface area contributed by atoms with Gasteiger partial charge in [0.25, 0.3) is 21.8 Å². The number of carbonyl (C=O) groups excluding carboxylic acids is 1. The molecule has 1 aromatic rings. The van der Waals surface area contributed by atoms with Crippen LogP contribution < -0.4 is 14.4 Å². The van der Waals surface area contributed by atoms with Crippen LogP contribution in [0.1, 0.15) is 0 Å². The van der Waals surface area contributed by atoms with E-state index in [1.165, 1.54) is 19.2 Å². The van der Waals surface area contributed by atoms with Crippen LogP contribution >= 0.6 is 27.5 Å². The molecule has 0 unspecified atom stereocenters. The molecule has 8 nitrogen and oxygen atoms in total. The minimum absolute atomic E-state index is 0.0289. The van der Waals surface area contributed by atoms with Crippen molar-refractivity contribution in [3.05, 3.63) is 45.8 Å². The molecule has 1 amide bonds. The SMILES string of the molecule is COc1ccc(Cl)c(S(=O)(=O)NC(=O)C2=C[N+]3CN(C(F)(F)F)C=C(Br)C3=N2)c1. The second kappa shape index (κ2) is 7.63. The third kappa shape index (κ3) is 4.42. The Hall–Kier alpha value is -2.09. The van der Waals surface area contributed by atoms with Gasteiger partial charge in [0.2, 0.25) is 6.67 Å². The number of nitrogens with zero attached hydrogens (tertiary/aromatic N) is 3. The molecule has 0 saturated carbocycles.